The average Bonchev–Trinajstić information content (AvgIpc) is 3.07. The average molecular weight is 450 g/mol. The zero-order chi connectivity index (χ0) is 24.0. The molecule has 0 bridgehead atoms. The minimum Gasteiger partial charge on any atom is -0.371 e. The molecule has 1 aromatic heterocycles. The van der Waals surface area contributed by atoms with Gasteiger partial charge in [0.15, 0.2) is 5.78 Å². The maximum absolute atomic E-state index is 12.2. The molecular weight excluding hydrogens is 406 g/mol. The molecule has 0 aliphatic heterocycles. The molecule has 1 aliphatic carbocycles. The molecule has 4 nitrogen and oxygen atoms in total. The molecule has 0 N–H and O–H groups in total. The van der Waals surface area contributed by atoms with Gasteiger partial charge in [-0.15, -0.1) is 0 Å². The summed E-state index contributed by atoms with van der Waals surface area (Å²) < 4.78 is 2.36. The van der Waals surface area contributed by atoms with Crippen molar-refractivity contribution in [1.82, 2.24) is 9.55 Å². The zero-order valence-corrected chi connectivity index (χ0v) is 21.7. The number of anilines is 1. The molecule has 1 heterocycles. The maximum Gasteiger partial charge on any atom is 0.156 e. The number of rotatable bonds is 11. The second-order valence-electron chi connectivity index (χ2n) is 10.9. The summed E-state index contributed by atoms with van der Waals surface area (Å²) in [6, 6.07) is 6.74. The van der Waals surface area contributed by atoms with E-state index in [0.29, 0.717) is 12.3 Å². The van der Waals surface area contributed by atoms with Crippen molar-refractivity contribution in [2.75, 3.05) is 18.0 Å². The van der Waals surface area contributed by atoms with Gasteiger partial charge in [-0.1, -0.05) is 60.5 Å². The van der Waals surface area contributed by atoms with Gasteiger partial charge < -0.3 is 9.47 Å². The Labute approximate surface area is 200 Å². The van der Waals surface area contributed by atoms with Gasteiger partial charge in [0.2, 0.25) is 0 Å². The number of nitrogens with zero attached hydrogens (tertiary/aromatic N) is 3. The summed E-state index contributed by atoms with van der Waals surface area (Å²) in [5.74, 6) is 1.72. The van der Waals surface area contributed by atoms with E-state index in [9.17, 15) is 4.79 Å². The van der Waals surface area contributed by atoms with Gasteiger partial charge in [0, 0.05) is 31.7 Å². The number of imidazole rings is 1. The number of ketones is 1. The van der Waals surface area contributed by atoms with E-state index in [1.165, 1.54) is 36.9 Å². The number of hydrogen-bond donors (Lipinski definition) is 0. The number of unbranched alkanes of at least 4 members (excludes halogenated alkanes) is 2. The van der Waals surface area contributed by atoms with E-state index >= 15 is 0 Å². The molecule has 0 amide bonds. The Balaban J connectivity index is 1.97. The number of fused-ring (bicyclic) bond motifs is 1. The molecule has 0 radical (unpaired) electrons. The van der Waals surface area contributed by atoms with Crippen LogP contribution < -0.4 is 4.90 Å². The van der Waals surface area contributed by atoms with Crippen LogP contribution in [0.25, 0.3) is 17.1 Å². The Bertz CT molecular complexity index is 1000. The first-order valence-electron chi connectivity index (χ1n) is 12.9. The van der Waals surface area contributed by atoms with Crippen LogP contribution in [0.5, 0.6) is 0 Å². The maximum atomic E-state index is 12.2. The number of allylic oxidation sites excluding steroid dienone is 3. The first-order chi connectivity index (χ1) is 15.7. The minimum absolute atomic E-state index is 0.0267. The predicted molar refractivity (Wildman–Crippen MR) is 142 cm³/mol. The molecule has 1 aromatic carbocycles. The van der Waals surface area contributed by atoms with Crippen LogP contribution in [0, 0.1) is 11.3 Å². The van der Waals surface area contributed by atoms with Crippen molar-refractivity contribution in [3.63, 3.8) is 0 Å². The number of carbonyl (C=O) groups is 1. The zero-order valence-electron chi connectivity index (χ0n) is 21.7. The highest BCUT2D eigenvalue weighted by Gasteiger charge is 2.26. The van der Waals surface area contributed by atoms with E-state index in [-0.39, 0.29) is 11.2 Å². The third-order valence-corrected chi connectivity index (χ3v) is 6.37. The number of hydrogen-bond acceptors (Lipinski definition) is 3. The van der Waals surface area contributed by atoms with Gasteiger partial charge in [-0.3, -0.25) is 4.79 Å². The van der Waals surface area contributed by atoms with E-state index < -0.39 is 0 Å². The van der Waals surface area contributed by atoms with E-state index in [0.717, 1.165) is 43.0 Å². The van der Waals surface area contributed by atoms with Crippen molar-refractivity contribution in [2.45, 2.75) is 86.6 Å². The van der Waals surface area contributed by atoms with Crippen LogP contribution in [0.1, 0.15) is 85.9 Å². The number of aromatic nitrogens is 2. The molecule has 0 saturated carbocycles. The van der Waals surface area contributed by atoms with Crippen LogP contribution in [-0.4, -0.2) is 28.4 Å². The van der Waals surface area contributed by atoms with Crippen LogP contribution in [0.3, 0.4) is 0 Å². The first-order valence-corrected chi connectivity index (χ1v) is 12.9. The molecular formula is C29H43N3O. The SMILES string of the molecule is CCCCN(CCCC)c1ccc2nc(C=CC3=CC(=O)CC(C)(C)C3)n(CC(C)C)c2c1. The lowest BCUT2D eigenvalue weighted by molar-refractivity contribution is -0.116. The third-order valence-electron chi connectivity index (χ3n) is 6.37. The lowest BCUT2D eigenvalue weighted by atomic mass is 9.77. The van der Waals surface area contributed by atoms with Gasteiger partial charge >= 0.3 is 0 Å². The molecule has 33 heavy (non-hydrogen) atoms. The smallest absolute Gasteiger partial charge is 0.156 e. The van der Waals surface area contributed by atoms with E-state index in [2.05, 4.69) is 81.4 Å². The molecule has 0 unspecified atom stereocenters. The lowest BCUT2D eigenvalue weighted by Gasteiger charge is -2.27. The molecule has 0 fully saturated rings. The first kappa shape index (κ1) is 25.3. The van der Waals surface area contributed by atoms with Crippen molar-refractivity contribution >= 4 is 28.6 Å². The van der Waals surface area contributed by atoms with E-state index in [1.807, 2.05) is 6.08 Å². The largest absolute Gasteiger partial charge is 0.371 e. The lowest BCUT2D eigenvalue weighted by Crippen LogP contribution is -2.25. The van der Waals surface area contributed by atoms with E-state index in [1.54, 1.807) is 0 Å². The molecule has 3 rings (SSSR count). The Morgan fingerprint density at radius 1 is 1.09 bits per heavy atom. The van der Waals surface area contributed by atoms with Crippen LogP contribution >= 0.6 is 0 Å². The van der Waals surface area contributed by atoms with Crippen molar-refractivity contribution < 1.29 is 4.79 Å². The molecule has 0 atom stereocenters. The Morgan fingerprint density at radius 2 is 1.79 bits per heavy atom. The summed E-state index contributed by atoms with van der Waals surface area (Å²) in [4.78, 5) is 19.7. The summed E-state index contributed by atoms with van der Waals surface area (Å²) >= 11 is 0. The monoisotopic (exact) mass is 449 g/mol. The van der Waals surface area contributed by atoms with Gasteiger partial charge in [0.1, 0.15) is 5.82 Å². The van der Waals surface area contributed by atoms with E-state index in [4.69, 9.17) is 4.98 Å². The van der Waals surface area contributed by atoms with Crippen molar-refractivity contribution in [2.24, 2.45) is 11.3 Å². The molecule has 0 spiro atoms. The summed E-state index contributed by atoms with van der Waals surface area (Å²) in [5, 5.41) is 0. The molecule has 0 saturated heterocycles. The van der Waals surface area contributed by atoms with Crippen LogP contribution in [0.2, 0.25) is 0 Å². The number of carbonyl (C=O) groups excluding carboxylic acids is 1. The van der Waals surface area contributed by atoms with Gasteiger partial charge in [-0.05, 0) is 66.5 Å². The van der Waals surface area contributed by atoms with Crippen molar-refractivity contribution in [3.05, 3.63) is 41.7 Å². The normalized spacial score (nSPS) is 16.2. The standard InChI is InChI=1S/C29H43N3O/c1-7-9-15-31(16-10-8-2)24-12-13-26-27(18-24)32(21-22(3)4)28(30-26)14-11-23-17-25(33)20-29(5,6)19-23/h11-14,17-18,22H,7-10,15-16,19-21H2,1-6H3. The molecule has 1 aliphatic rings. The summed E-state index contributed by atoms with van der Waals surface area (Å²) in [6.07, 6.45) is 12.4. The van der Waals surface area contributed by atoms with Crippen molar-refractivity contribution in [1.29, 1.82) is 0 Å². The fraction of sp³-hybridized carbons (Fsp3) is 0.586. The highest BCUT2D eigenvalue weighted by molar-refractivity contribution is 5.92. The second-order valence-corrected chi connectivity index (χ2v) is 10.9. The second kappa shape index (κ2) is 11.2. The number of benzene rings is 1. The fourth-order valence-corrected chi connectivity index (χ4v) is 4.76. The summed E-state index contributed by atoms with van der Waals surface area (Å²) in [7, 11) is 0. The molecule has 4 heteroatoms. The predicted octanol–water partition coefficient (Wildman–Crippen LogP) is 7.43. The van der Waals surface area contributed by atoms with Gasteiger partial charge in [-0.2, -0.15) is 0 Å². The highest BCUT2D eigenvalue weighted by Crippen LogP contribution is 2.34. The van der Waals surface area contributed by atoms with Gasteiger partial charge in [0.05, 0.1) is 11.0 Å². The highest BCUT2D eigenvalue weighted by atomic mass is 16.1. The fourth-order valence-electron chi connectivity index (χ4n) is 4.76. The summed E-state index contributed by atoms with van der Waals surface area (Å²) in [6.45, 7) is 16.5. The van der Waals surface area contributed by atoms with Crippen LogP contribution in [0.15, 0.2) is 35.9 Å². The Kier molecular flexibility index (Phi) is 8.56. The Hall–Kier alpha value is -2.36. The minimum atomic E-state index is 0.0267. The Morgan fingerprint density at radius 3 is 2.39 bits per heavy atom. The van der Waals surface area contributed by atoms with Crippen LogP contribution in [-0.2, 0) is 11.3 Å². The summed E-state index contributed by atoms with van der Waals surface area (Å²) in [5.41, 5.74) is 4.67. The van der Waals surface area contributed by atoms with Gasteiger partial charge in [-0.25, -0.2) is 4.98 Å². The van der Waals surface area contributed by atoms with Crippen molar-refractivity contribution in [3.8, 4) is 0 Å². The third kappa shape index (κ3) is 6.82. The van der Waals surface area contributed by atoms with Crippen LogP contribution in [0.4, 0.5) is 5.69 Å². The topological polar surface area (TPSA) is 38.1 Å². The van der Waals surface area contributed by atoms with Gasteiger partial charge in [0.25, 0.3) is 0 Å². The molecule has 180 valence electrons. The quantitative estimate of drug-likeness (QED) is 0.358. The molecule has 2 aromatic rings.